The van der Waals surface area contributed by atoms with Gasteiger partial charge in [-0.15, -0.1) is 0 Å². The predicted molar refractivity (Wildman–Crippen MR) is 122 cm³/mol. The van der Waals surface area contributed by atoms with E-state index in [0.717, 1.165) is 23.5 Å². The smallest absolute Gasteiger partial charge is 0.214 e. The Bertz CT molecular complexity index is 1080. The molecule has 2 unspecified atom stereocenters. The first-order valence-corrected chi connectivity index (χ1v) is 11.5. The number of rotatable bonds is 12. The number of amides is 1. The highest BCUT2D eigenvalue weighted by Gasteiger charge is 2.16. The number of furan rings is 1. The summed E-state index contributed by atoms with van der Waals surface area (Å²) in [6, 6.07) is 10.4. The molecule has 0 spiro atoms. The first-order chi connectivity index (χ1) is 15.0. The molecular formula is C23H28N2O5S. The van der Waals surface area contributed by atoms with Crippen molar-refractivity contribution in [3.8, 4) is 0 Å². The van der Waals surface area contributed by atoms with Gasteiger partial charge in [0.2, 0.25) is 6.41 Å². The number of ether oxygens (including phenoxy) is 1. The zero-order valence-electron chi connectivity index (χ0n) is 18.0. The van der Waals surface area contributed by atoms with Gasteiger partial charge in [0, 0.05) is 35.7 Å². The van der Waals surface area contributed by atoms with Gasteiger partial charge >= 0.3 is 0 Å². The molecule has 2 aromatic carbocycles. The lowest BCUT2D eigenvalue weighted by Crippen LogP contribution is -2.33. The van der Waals surface area contributed by atoms with Crippen LogP contribution in [0.5, 0.6) is 0 Å². The Morgan fingerprint density at radius 2 is 1.94 bits per heavy atom. The van der Waals surface area contributed by atoms with E-state index < -0.39 is 17.0 Å². The van der Waals surface area contributed by atoms with Crippen molar-refractivity contribution in [3.05, 3.63) is 36.4 Å². The van der Waals surface area contributed by atoms with Gasteiger partial charge in [-0.2, -0.15) is 0 Å². The van der Waals surface area contributed by atoms with E-state index in [1.54, 1.807) is 17.0 Å². The molecule has 3 rings (SSSR count). The minimum atomic E-state index is -1.52. The van der Waals surface area contributed by atoms with Gasteiger partial charge in [0.25, 0.3) is 0 Å². The van der Waals surface area contributed by atoms with Crippen LogP contribution in [-0.4, -0.2) is 42.7 Å². The summed E-state index contributed by atoms with van der Waals surface area (Å²) < 4.78 is 26.9. The number of fused-ring (bicyclic) bond motifs is 3. The Balaban J connectivity index is 1.87. The highest BCUT2D eigenvalue weighted by atomic mass is 32.2. The fraction of sp³-hybridized carbons (Fsp3) is 0.391. The van der Waals surface area contributed by atoms with Crippen LogP contribution in [0.25, 0.3) is 21.9 Å². The van der Waals surface area contributed by atoms with E-state index in [4.69, 9.17) is 9.15 Å². The molecule has 1 amide bonds. The second-order valence-electron chi connectivity index (χ2n) is 7.69. The lowest BCUT2D eigenvalue weighted by atomic mass is 10.1. The van der Waals surface area contributed by atoms with Gasteiger partial charge in [-0.1, -0.05) is 13.8 Å². The summed E-state index contributed by atoms with van der Waals surface area (Å²) in [6.07, 6.45) is 2.19. The van der Waals surface area contributed by atoms with E-state index >= 15 is 0 Å². The van der Waals surface area contributed by atoms with Crippen molar-refractivity contribution in [3.63, 3.8) is 0 Å². The Labute approximate surface area is 184 Å². The van der Waals surface area contributed by atoms with Crippen molar-refractivity contribution in [2.45, 2.75) is 38.1 Å². The molecule has 0 bridgehead atoms. The number of carbonyl (C=O) groups excluding carboxylic acids is 2. The van der Waals surface area contributed by atoms with Crippen molar-refractivity contribution < 1.29 is 23.0 Å². The second kappa shape index (κ2) is 10.7. The summed E-state index contributed by atoms with van der Waals surface area (Å²) in [5, 5.41) is 1.69. The van der Waals surface area contributed by atoms with Gasteiger partial charge < -0.3 is 18.8 Å². The first-order valence-electron chi connectivity index (χ1n) is 10.4. The number of hydrogen-bond acceptors (Lipinski definition) is 5. The van der Waals surface area contributed by atoms with Crippen LogP contribution in [0.1, 0.15) is 27.2 Å². The molecule has 1 heterocycles. The zero-order chi connectivity index (χ0) is 22.4. The van der Waals surface area contributed by atoms with Crippen LogP contribution in [0, 0.1) is 5.92 Å². The second-order valence-corrected chi connectivity index (χ2v) is 8.94. The predicted octanol–water partition coefficient (Wildman–Crippen LogP) is 3.81. The highest BCUT2D eigenvalue weighted by Crippen LogP contribution is 2.32. The van der Waals surface area contributed by atoms with E-state index in [0.29, 0.717) is 53.8 Å². The minimum Gasteiger partial charge on any atom is -0.456 e. The van der Waals surface area contributed by atoms with Crippen LogP contribution in [-0.2, 0) is 25.3 Å². The molecule has 166 valence electrons. The van der Waals surface area contributed by atoms with Gasteiger partial charge in [0.15, 0.2) is 0 Å². The molecule has 0 aliphatic heterocycles. The number of benzene rings is 2. The number of nitrogens with one attached hydrogen (secondary N) is 1. The summed E-state index contributed by atoms with van der Waals surface area (Å²) in [5.74, 6) is 0.314. The lowest BCUT2D eigenvalue weighted by Gasteiger charge is -2.17. The third-order valence-corrected chi connectivity index (χ3v) is 6.13. The first kappa shape index (κ1) is 23.1. The maximum Gasteiger partial charge on any atom is 0.214 e. The average Bonchev–Trinajstić information content (AvgIpc) is 3.12. The number of carbonyl (C=O) groups is 2. The van der Waals surface area contributed by atoms with E-state index in [1.165, 1.54) is 0 Å². The average molecular weight is 445 g/mol. The van der Waals surface area contributed by atoms with Gasteiger partial charge in [-0.3, -0.25) is 4.79 Å². The van der Waals surface area contributed by atoms with Crippen molar-refractivity contribution in [2.75, 3.05) is 24.7 Å². The molecule has 0 saturated carbocycles. The van der Waals surface area contributed by atoms with E-state index in [9.17, 15) is 13.8 Å². The SMILES string of the molecule is CCOCCN(C=O)c1ccc2c(c1)oc1ccc(S(=O)NC(C=O)CC(C)C)cc12. The van der Waals surface area contributed by atoms with Crippen molar-refractivity contribution in [1.82, 2.24) is 4.72 Å². The molecule has 8 heteroatoms. The van der Waals surface area contributed by atoms with E-state index in [-0.39, 0.29) is 0 Å². The quantitative estimate of drug-likeness (QED) is 0.339. The van der Waals surface area contributed by atoms with Crippen LogP contribution < -0.4 is 9.62 Å². The molecule has 7 nitrogen and oxygen atoms in total. The van der Waals surface area contributed by atoms with Gasteiger partial charge in [0.1, 0.15) is 28.4 Å². The lowest BCUT2D eigenvalue weighted by molar-refractivity contribution is -0.109. The van der Waals surface area contributed by atoms with Crippen molar-refractivity contribution in [1.29, 1.82) is 0 Å². The Morgan fingerprint density at radius 1 is 1.13 bits per heavy atom. The van der Waals surface area contributed by atoms with Gasteiger partial charge in [0.05, 0.1) is 17.5 Å². The Morgan fingerprint density at radius 3 is 2.61 bits per heavy atom. The summed E-state index contributed by atoms with van der Waals surface area (Å²) in [7, 11) is -1.52. The fourth-order valence-corrected chi connectivity index (χ4v) is 4.41. The molecule has 1 aromatic heterocycles. The van der Waals surface area contributed by atoms with E-state index in [1.807, 2.05) is 45.0 Å². The van der Waals surface area contributed by atoms with Crippen LogP contribution in [0.4, 0.5) is 5.69 Å². The Kier molecular flexibility index (Phi) is 7.95. The summed E-state index contributed by atoms with van der Waals surface area (Å²) >= 11 is 0. The summed E-state index contributed by atoms with van der Waals surface area (Å²) in [4.78, 5) is 24.9. The van der Waals surface area contributed by atoms with Gasteiger partial charge in [-0.05, 0) is 49.6 Å². The molecule has 0 aliphatic carbocycles. The molecule has 0 saturated heterocycles. The van der Waals surface area contributed by atoms with E-state index in [2.05, 4.69) is 4.72 Å². The van der Waals surface area contributed by atoms with Crippen molar-refractivity contribution >= 4 is 51.3 Å². The fourth-order valence-electron chi connectivity index (χ4n) is 3.43. The third kappa shape index (κ3) is 5.58. The monoisotopic (exact) mass is 444 g/mol. The molecule has 0 radical (unpaired) electrons. The Hall–Kier alpha value is -2.55. The molecule has 2 atom stereocenters. The summed E-state index contributed by atoms with van der Waals surface area (Å²) in [5.41, 5.74) is 2.01. The normalized spacial score (nSPS) is 13.5. The third-order valence-electron chi connectivity index (χ3n) is 4.93. The largest absolute Gasteiger partial charge is 0.456 e. The highest BCUT2D eigenvalue weighted by molar-refractivity contribution is 7.83. The molecule has 31 heavy (non-hydrogen) atoms. The van der Waals surface area contributed by atoms with Crippen molar-refractivity contribution in [2.24, 2.45) is 5.92 Å². The number of nitrogens with zero attached hydrogens (tertiary/aromatic N) is 1. The number of aldehydes is 1. The molecule has 3 aromatic rings. The molecule has 0 fully saturated rings. The maximum absolute atomic E-state index is 12.8. The molecule has 0 aliphatic rings. The van der Waals surface area contributed by atoms with Crippen LogP contribution in [0.15, 0.2) is 45.7 Å². The topological polar surface area (TPSA) is 88.8 Å². The summed E-state index contributed by atoms with van der Waals surface area (Å²) in [6.45, 7) is 7.44. The van der Waals surface area contributed by atoms with Crippen LogP contribution >= 0.6 is 0 Å². The molecule has 1 N–H and O–H groups in total. The minimum absolute atomic E-state index is 0.314. The molecular weight excluding hydrogens is 416 g/mol. The zero-order valence-corrected chi connectivity index (χ0v) is 18.8. The maximum atomic E-state index is 12.8. The standard InChI is InChI=1S/C23H28N2O5S/c1-4-29-10-9-25(15-27)18-5-7-20-21-13-19(6-8-22(21)30-23(20)12-18)31(28)24-17(14-26)11-16(2)3/h5-8,12-17,24H,4,9-11H2,1-3H3. The number of hydrogen-bond donors (Lipinski definition) is 1. The van der Waals surface area contributed by atoms with Crippen LogP contribution in [0.2, 0.25) is 0 Å². The van der Waals surface area contributed by atoms with Crippen LogP contribution in [0.3, 0.4) is 0 Å². The van der Waals surface area contributed by atoms with Gasteiger partial charge in [-0.25, -0.2) is 8.93 Å². The number of anilines is 1.